The van der Waals surface area contributed by atoms with Crippen LogP contribution in [0.1, 0.15) is 0 Å². The molecule has 10 aromatic rings. The number of hydrogen-bond donors (Lipinski definition) is 0. The zero-order chi connectivity index (χ0) is 36.6. The van der Waals surface area contributed by atoms with E-state index < -0.39 is 0 Å². The van der Waals surface area contributed by atoms with Gasteiger partial charge >= 0.3 is 0 Å². The molecule has 0 unspecified atom stereocenters. The Bertz CT molecular complexity index is 2940. The van der Waals surface area contributed by atoms with E-state index in [-0.39, 0.29) is 0 Å². The van der Waals surface area contributed by atoms with Crippen LogP contribution in [-0.2, 0) is 0 Å². The molecule has 0 aliphatic rings. The van der Waals surface area contributed by atoms with E-state index in [1.807, 2.05) is 12.1 Å². The van der Waals surface area contributed by atoms with Gasteiger partial charge in [0.1, 0.15) is 0 Å². The molecule has 0 bridgehead atoms. The monoisotopic (exact) mass is 701 g/mol. The maximum atomic E-state index is 5.45. The van der Waals surface area contributed by atoms with Crippen LogP contribution in [0.3, 0.4) is 0 Å². The molecule has 0 aliphatic carbocycles. The van der Waals surface area contributed by atoms with Crippen molar-refractivity contribution in [1.29, 1.82) is 0 Å². The molecule has 0 amide bonds. The Morgan fingerprint density at radius 3 is 1.45 bits per heavy atom. The fourth-order valence-corrected chi connectivity index (χ4v) is 7.72. The molecule has 0 saturated carbocycles. The first kappa shape index (κ1) is 32.3. The van der Waals surface area contributed by atoms with Crippen molar-refractivity contribution in [2.75, 3.05) is 4.90 Å². The zero-order valence-electron chi connectivity index (χ0n) is 30.0. The Hall–Kier alpha value is -7.36. The molecule has 0 radical (unpaired) electrons. The zero-order valence-corrected chi connectivity index (χ0v) is 30.0. The summed E-state index contributed by atoms with van der Waals surface area (Å²) in [4.78, 5) is 13.1. The van der Waals surface area contributed by atoms with Gasteiger partial charge in [-0.15, -0.1) is 0 Å². The van der Waals surface area contributed by atoms with Crippen LogP contribution in [0.4, 0.5) is 17.1 Å². The average Bonchev–Trinajstić information content (AvgIpc) is 3.27. The number of benzene rings is 9. The van der Waals surface area contributed by atoms with Crippen molar-refractivity contribution in [2.24, 2.45) is 0 Å². The predicted molar refractivity (Wildman–Crippen MR) is 231 cm³/mol. The van der Waals surface area contributed by atoms with E-state index >= 15 is 0 Å². The largest absolute Gasteiger partial charge is 0.310 e. The fourth-order valence-electron chi connectivity index (χ4n) is 7.72. The molecule has 1 aromatic heterocycles. The summed E-state index contributed by atoms with van der Waals surface area (Å²) in [7, 11) is 0. The Morgan fingerprint density at radius 2 is 0.800 bits per heavy atom. The summed E-state index contributed by atoms with van der Waals surface area (Å²) >= 11 is 0. The van der Waals surface area contributed by atoms with Crippen molar-refractivity contribution in [3.05, 3.63) is 212 Å². The molecule has 0 aliphatic heterocycles. The smallest absolute Gasteiger partial charge is 0.0979 e. The minimum absolute atomic E-state index is 0.875. The second-order valence-electron chi connectivity index (χ2n) is 13.8. The minimum atomic E-state index is 0.875. The molecule has 9 aromatic carbocycles. The number of hydrogen-bond acceptors (Lipinski definition) is 3. The van der Waals surface area contributed by atoms with Gasteiger partial charge in [-0.25, -0.2) is 9.97 Å². The van der Waals surface area contributed by atoms with Crippen molar-refractivity contribution in [2.45, 2.75) is 0 Å². The Kier molecular flexibility index (Phi) is 8.16. The molecule has 0 atom stereocenters. The van der Waals surface area contributed by atoms with E-state index in [0.717, 1.165) is 72.2 Å². The third-order valence-corrected chi connectivity index (χ3v) is 10.4. The summed E-state index contributed by atoms with van der Waals surface area (Å²) in [5.74, 6) is 0. The lowest BCUT2D eigenvalue weighted by Crippen LogP contribution is -2.10. The highest BCUT2D eigenvalue weighted by Gasteiger charge is 2.18. The van der Waals surface area contributed by atoms with Gasteiger partial charge in [-0.2, -0.15) is 0 Å². The summed E-state index contributed by atoms with van der Waals surface area (Å²) in [5.41, 5.74) is 13.6. The standard InChI is InChI=1S/C52H35N3/c1-5-14-36(15-6-1)38-26-29-44(30-27-38)55(45-23-13-22-42(34-45)37-16-7-2-8-17-37)46-31-32-47-43(35-46)25-24-39-28-33-48-52(49(39)47)54-51(41-20-11-4-12-21-41)50(53-48)40-18-9-3-10-19-40/h1-35H. The average molecular weight is 702 g/mol. The van der Waals surface area contributed by atoms with Gasteiger partial charge in [0.05, 0.1) is 22.4 Å². The molecule has 0 spiro atoms. The van der Waals surface area contributed by atoms with E-state index in [4.69, 9.17) is 9.97 Å². The number of nitrogens with zero attached hydrogens (tertiary/aromatic N) is 3. The Balaban J connectivity index is 1.15. The fraction of sp³-hybridized carbons (Fsp3) is 0. The molecular weight excluding hydrogens is 667 g/mol. The summed E-state index contributed by atoms with van der Waals surface area (Å²) in [6, 6.07) is 75.1. The first-order valence-electron chi connectivity index (χ1n) is 18.7. The molecule has 0 fully saturated rings. The van der Waals surface area contributed by atoms with Crippen LogP contribution in [0.2, 0.25) is 0 Å². The van der Waals surface area contributed by atoms with Crippen LogP contribution in [-0.4, -0.2) is 9.97 Å². The third kappa shape index (κ3) is 6.08. The van der Waals surface area contributed by atoms with E-state index in [2.05, 4.69) is 205 Å². The maximum absolute atomic E-state index is 5.45. The van der Waals surface area contributed by atoms with Gasteiger partial charge < -0.3 is 4.90 Å². The van der Waals surface area contributed by atoms with Crippen molar-refractivity contribution in [3.63, 3.8) is 0 Å². The van der Waals surface area contributed by atoms with Crippen LogP contribution in [0.15, 0.2) is 212 Å². The van der Waals surface area contributed by atoms with Crippen molar-refractivity contribution >= 4 is 49.6 Å². The van der Waals surface area contributed by atoms with Crippen molar-refractivity contribution in [3.8, 4) is 44.8 Å². The minimum Gasteiger partial charge on any atom is -0.310 e. The molecule has 55 heavy (non-hydrogen) atoms. The van der Waals surface area contributed by atoms with Gasteiger partial charge in [0.25, 0.3) is 0 Å². The predicted octanol–water partition coefficient (Wildman–Crippen LogP) is 14.1. The third-order valence-electron chi connectivity index (χ3n) is 10.4. The first-order valence-corrected chi connectivity index (χ1v) is 18.7. The van der Waals surface area contributed by atoms with Crippen LogP contribution in [0.5, 0.6) is 0 Å². The van der Waals surface area contributed by atoms with E-state index in [9.17, 15) is 0 Å². The Labute approximate surface area is 320 Å². The van der Waals surface area contributed by atoms with Crippen LogP contribution >= 0.6 is 0 Å². The molecule has 0 N–H and O–H groups in total. The van der Waals surface area contributed by atoms with Crippen LogP contribution < -0.4 is 4.90 Å². The highest BCUT2D eigenvalue weighted by atomic mass is 15.1. The van der Waals surface area contributed by atoms with E-state index in [1.165, 1.54) is 22.3 Å². The Morgan fingerprint density at radius 1 is 0.309 bits per heavy atom. The maximum Gasteiger partial charge on any atom is 0.0979 e. The lowest BCUT2D eigenvalue weighted by atomic mass is 9.98. The van der Waals surface area contributed by atoms with Gasteiger partial charge in [-0.3, -0.25) is 0 Å². The molecule has 0 saturated heterocycles. The normalized spacial score (nSPS) is 11.3. The number of aromatic nitrogens is 2. The first-order chi connectivity index (χ1) is 27.3. The second-order valence-corrected chi connectivity index (χ2v) is 13.8. The van der Waals surface area contributed by atoms with Gasteiger partial charge in [-0.05, 0) is 80.9 Å². The van der Waals surface area contributed by atoms with Gasteiger partial charge in [0, 0.05) is 33.6 Å². The summed E-state index contributed by atoms with van der Waals surface area (Å²) in [6.45, 7) is 0. The van der Waals surface area contributed by atoms with Crippen LogP contribution in [0.25, 0.3) is 77.3 Å². The molecule has 10 rings (SSSR count). The van der Waals surface area contributed by atoms with Crippen molar-refractivity contribution in [1.82, 2.24) is 9.97 Å². The topological polar surface area (TPSA) is 29.0 Å². The van der Waals surface area contributed by atoms with Gasteiger partial charge in [-0.1, -0.05) is 170 Å². The number of anilines is 3. The molecule has 258 valence electrons. The van der Waals surface area contributed by atoms with E-state index in [0.29, 0.717) is 0 Å². The molecule has 1 heterocycles. The number of fused-ring (bicyclic) bond motifs is 5. The van der Waals surface area contributed by atoms with Crippen molar-refractivity contribution < 1.29 is 0 Å². The number of rotatable bonds is 7. The molecule has 3 heteroatoms. The summed E-state index contributed by atoms with van der Waals surface area (Å²) in [6.07, 6.45) is 0. The van der Waals surface area contributed by atoms with Gasteiger partial charge in [0.2, 0.25) is 0 Å². The lowest BCUT2D eigenvalue weighted by molar-refractivity contribution is 1.29. The van der Waals surface area contributed by atoms with E-state index in [1.54, 1.807) is 0 Å². The highest BCUT2D eigenvalue weighted by molar-refractivity contribution is 6.19. The molecule has 3 nitrogen and oxygen atoms in total. The van der Waals surface area contributed by atoms with Crippen LogP contribution in [0, 0.1) is 0 Å². The summed E-state index contributed by atoms with van der Waals surface area (Å²) in [5, 5.41) is 4.52. The van der Waals surface area contributed by atoms with Gasteiger partial charge in [0.15, 0.2) is 0 Å². The summed E-state index contributed by atoms with van der Waals surface area (Å²) < 4.78 is 0. The highest BCUT2D eigenvalue weighted by Crippen LogP contribution is 2.41. The second kappa shape index (κ2) is 13.9. The SMILES string of the molecule is c1ccc(-c2ccc(N(c3cccc(-c4ccccc4)c3)c3ccc4c(ccc5ccc6nc(-c7ccccc7)c(-c7ccccc7)nc6c54)c3)cc2)cc1. The quantitative estimate of drug-likeness (QED) is 0.155. The molecular formula is C52H35N3. The lowest BCUT2D eigenvalue weighted by Gasteiger charge is -2.27.